The van der Waals surface area contributed by atoms with Gasteiger partial charge < -0.3 is 28.8 Å². The highest BCUT2D eigenvalue weighted by molar-refractivity contribution is 5.80. The fourth-order valence-electron chi connectivity index (χ4n) is 3.74. The van der Waals surface area contributed by atoms with Crippen molar-refractivity contribution in [1.29, 1.82) is 0 Å². The zero-order valence-corrected chi connectivity index (χ0v) is 22.3. The van der Waals surface area contributed by atoms with E-state index in [4.69, 9.17) is 23.7 Å². The third-order valence-electron chi connectivity index (χ3n) is 5.55. The van der Waals surface area contributed by atoms with Crippen LogP contribution in [0, 0.1) is 6.92 Å². The molecule has 36 heavy (non-hydrogen) atoms. The lowest BCUT2D eigenvalue weighted by Gasteiger charge is -2.29. The first kappa shape index (κ1) is 28.8. The van der Waals surface area contributed by atoms with Crippen LogP contribution in [0.2, 0.25) is 0 Å². The van der Waals surface area contributed by atoms with Crippen LogP contribution in [0.25, 0.3) is 0 Å². The normalized spacial score (nSPS) is 12.0. The zero-order valence-electron chi connectivity index (χ0n) is 22.3. The van der Waals surface area contributed by atoms with Crippen LogP contribution in [0.15, 0.2) is 30.3 Å². The molecule has 0 aliphatic rings. The number of methoxy groups -OCH3 is 3. The molecule has 2 rings (SSSR count). The van der Waals surface area contributed by atoms with Crippen molar-refractivity contribution in [2.75, 3.05) is 28.4 Å². The molecule has 1 atom stereocenters. The van der Waals surface area contributed by atoms with Crippen molar-refractivity contribution in [3.8, 4) is 17.2 Å². The van der Waals surface area contributed by atoms with Gasteiger partial charge in [-0.2, -0.15) is 0 Å². The summed E-state index contributed by atoms with van der Waals surface area (Å²) < 4.78 is 27.8. The maximum atomic E-state index is 12.6. The van der Waals surface area contributed by atoms with Crippen molar-refractivity contribution in [3.63, 3.8) is 0 Å². The summed E-state index contributed by atoms with van der Waals surface area (Å²) in [6.45, 7) is 7.49. The summed E-state index contributed by atoms with van der Waals surface area (Å²) in [5.41, 5.74) is 2.28. The van der Waals surface area contributed by atoms with E-state index in [-0.39, 0.29) is 13.0 Å². The zero-order chi connectivity index (χ0) is 27.0. The molecule has 2 aromatic carbocycles. The maximum Gasteiger partial charge on any atom is 0.410 e. The molecular weight excluding hydrogens is 466 g/mol. The number of hydrogen-bond acceptors (Lipinski definition) is 7. The largest absolute Gasteiger partial charge is 0.497 e. The standard InChI is InChI=1S/C27H37NO8/c1-17-13-19(14-22(25(29)30)28(5)26(31)36-27(2,3)4)21(24(34-8)23(17)33-7)16-35-15-18-9-11-20(32-6)12-10-18/h9-13,22H,14-16H2,1-8H3,(H,29,30)/t22-/m0/s1. The van der Waals surface area contributed by atoms with E-state index in [0.29, 0.717) is 29.2 Å². The number of likely N-dealkylation sites (N-methyl/N-ethyl adjacent to an activating group) is 1. The lowest BCUT2D eigenvalue weighted by atomic mass is 9.96. The third kappa shape index (κ3) is 7.52. The Bertz CT molecular complexity index is 1040. The van der Waals surface area contributed by atoms with E-state index in [1.807, 2.05) is 37.3 Å². The summed E-state index contributed by atoms with van der Waals surface area (Å²) in [5.74, 6) is 0.601. The minimum Gasteiger partial charge on any atom is -0.497 e. The van der Waals surface area contributed by atoms with E-state index in [9.17, 15) is 14.7 Å². The van der Waals surface area contributed by atoms with E-state index in [2.05, 4.69) is 0 Å². The number of ether oxygens (including phenoxy) is 5. The van der Waals surface area contributed by atoms with Gasteiger partial charge in [-0.3, -0.25) is 4.90 Å². The van der Waals surface area contributed by atoms with Crippen molar-refractivity contribution in [2.45, 2.75) is 59.0 Å². The second-order valence-electron chi connectivity index (χ2n) is 9.39. The second-order valence-corrected chi connectivity index (χ2v) is 9.39. The van der Waals surface area contributed by atoms with Crippen LogP contribution >= 0.6 is 0 Å². The first-order valence-electron chi connectivity index (χ1n) is 11.5. The molecule has 0 aliphatic carbocycles. The molecule has 0 bridgehead atoms. The van der Waals surface area contributed by atoms with E-state index in [1.165, 1.54) is 14.2 Å². The Labute approximate surface area is 212 Å². The Hall–Kier alpha value is -3.46. The molecule has 1 amide bonds. The van der Waals surface area contributed by atoms with Gasteiger partial charge in [0.1, 0.15) is 17.4 Å². The topological polar surface area (TPSA) is 104 Å². The fourth-order valence-corrected chi connectivity index (χ4v) is 3.74. The van der Waals surface area contributed by atoms with Crippen LogP contribution in [0.4, 0.5) is 4.79 Å². The monoisotopic (exact) mass is 503 g/mol. The molecule has 0 spiro atoms. The van der Waals surface area contributed by atoms with Crippen molar-refractivity contribution >= 4 is 12.1 Å². The summed E-state index contributed by atoms with van der Waals surface area (Å²) in [4.78, 5) is 25.9. The van der Waals surface area contributed by atoms with E-state index >= 15 is 0 Å². The quantitative estimate of drug-likeness (QED) is 0.475. The minimum atomic E-state index is -1.17. The summed E-state index contributed by atoms with van der Waals surface area (Å²) in [5, 5.41) is 9.96. The van der Waals surface area contributed by atoms with Gasteiger partial charge in [-0.1, -0.05) is 18.2 Å². The van der Waals surface area contributed by atoms with Gasteiger partial charge in [0.25, 0.3) is 0 Å². The molecule has 0 saturated heterocycles. The predicted molar refractivity (Wildman–Crippen MR) is 135 cm³/mol. The summed E-state index contributed by atoms with van der Waals surface area (Å²) in [7, 11) is 6.09. The first-order chi connectivity index (χ1) is 16.9. The number of amides is 1. The molecule has 0 radical (unpaired) electrons. The van der Waals surface area contributed by atoms with Crippen LogP contribution in [-0.4, -0.2) is 62.1 Å². The average molecular weight is 504 g/mol. The average Bonchev–Trinajstić information content (AvgIpc) is 2.81. The summed E-state index contributed by atoms with van der Waals surface area (Å²) in [6, 6.07) is 8.18. The Morgan fingerprint density at radius 2 is 1.58 bits per heavy atom. The van der Waals surface area contributed by atoms with E-state index in [1.54, 1.807) is 35.0 Å². The molecule has 9 heteroatoms. The lowest BCUT2D eigenvalue weighted by Crippen LogP contribution is -2.46. The molecule has 0 saturated carbocycles. The number of aliphatic carboxylic acids is 1. The third-order valence-corrected chi connectivity index (χ3v) is 5.55. The van der Waals surface area contributed by atoms with Crippen LogP contribution in [-0.2, 0) is 33.9 Å². The Morgan fingerprint density at radius 1 is 0.972 bits per heavy atom. The summed E-state index contributed by atoms with van der Waals surface area (Å²) in [6.07, 6.45) is -0.697. The fraction of sp³-hybridized carbons (Fsp3) is 0.481. The number of rotatable bonds is 11. The molecule has 0 fully saturated rings. The molecule has 0 unspecified atom stereocenters. The second kappa shape index (κ2) is 12.5. The number of carboxylic acid groups (broad SMARTS) is 1. The maximum absolute atomic E-state index is 12.6. The molecule has 1 N–H and O–H groups in total. The van der Waals surface area contributed by atoms with E-state index < -0.39 is 23.7 Å². The molecule has 2 aromatic rings. The summed E-state index contributed by atoms with van der Waals surface area (Å²) >= 11 is 0. The molecule has 0 aromatic heterocycles. The highest BCUT2D eigenvalue weighted by Gasteiger charge is 2.32. The molecule has 198 valence electrons. The smallest absolute Gasteiger partial charge is 0.410 e. The number of carboxylic acids is 1. The minimum absolute atomic E-state index is 0.0213. The molecule has 0 aliphatic heterocycles. The number of nitrogens with zero attached hydrogens (tertiary/aromatic N) is 1. The van der Waals surface area contributed by atoms with Gasteiger partial charge in [-0.15, -0.1) is 0 Å². The lowest BCUT2D eigenvalue weighted by molar-refractivity contribution is -0.142. The van der Waals surface area contributed by atoms with Crippen molar-refractivity contribution in [3.05, 3.63) is 52.6 Å². The van der Waals surface area contributed by atoms with Crippen LogP contribution in [0.5, 0.6) is 17.2 Å². The number of benzene rings is 2. The van der Waals surface area contributed by atoms with E-state index in [0.717, 1.165) is 21.8 Å². The van der Waals surface area contributed by atoms with Gasteiger partial charge >= 0.3 is 12.1 Å². The van der Waals surface area contributed by atoms with Crippen LogP contribution in [0.3, 0.4) is 0 Å². The highest BCUT2D eigenvalue weighted by Crippen LogP contribution is 2.38. The van der Waals surface area contributed by atoms with Gasteiger partial charge in [0.05, 0.1) is 34.5 Å². The van der Waals surface area contributed by atoms with Crippen molar-refractivity contribution in [2.24, 2.45) is 0 Å². The Kier molecular flexibility index (Phi) is 9.98. The molecule has 0 heterocycles. The van der Waals surface area contributed by atoms with Gasteiger partial charge in [0.2, 0.25) is 0 Å². The molecule has 9 nitrogen and oxygen atoms in total. The Morgan fingerprint density at radius 3 is 2.08 bits per heavy atom. The van der Waals surface area contributed by atoms with Gasteiger partial charge in [0, 0.05) is 19.0 Å². The van der Waals surface area contributed by atoms with Gasteiger partial charge in [-0.25, -0.2) is 9.59 Å². The van der Waals surface area contributed by atoms with Crippen molar-refractivity contribution < 1.29 is 38.4 Å². The van der Waals surface area contributed by atoms with Gasteiger partial charge in [-0.05, 0) is 56.5 Å². The first-order valence-corrected chi connectivity index (χ1v) is 11.5. The molecular formula is C27H37NO8. The number of aryl methyl sites for hydroxylation is 1. The van der Waals surface area contributed by atoms with Crippen molar-refractivity contribution in [1.82, 2.24) is 4.90 Å². The number of carbonyl (C=O) groups is 2. The van der Waals surface area contributed by atoms with Gasteiger partial charge in [0.15, 0.2) is 11.5 Å². The SMILES string of the molecule is COc1ccc(COCc2c(C[C@@H](C(=O)O)N(C)C(=O)OC(C)(C)C)cc(C)c(OC)c2OC)cc1. The number of hydrogen-bond donors (Lipinski definition) is 1. The number of carbonyl (C=O) groups excluding carboxylic acids is 1. The predicted octanol–water partition coefficient (Wildman–Crippen LogP) is 4.60. The Balaban J connectivity index is 2.37. The van der Waals surface area contributed by atoms with Crippen LogP contribution in [0.1, 0.15) is 43.0 Å². The highest BCUT2D eigenvalue weighted by atomic mass is 16.6. The van der Waals surface area contributed by atoms with Crippen LogP contribution < -0.4 is 14.2 Å².